The first kappa shape index (κ1) is 15.0. The van der Waals surface area contributed by atoms with Gasteiger partial charge in [0.1, 0.15) is 0 Å². The van der Waals surface area contributed by atoms with Crippen molar-refractivity contribution in [3.05, 3.63) is 57.8 Å². The Hall–Kier alpha value is -1.39. The SMILES string of the molecule is CNCc1cc(Br)ccc1N(C)Cc1cccc(C)n1. The van der Waals surface area contributed by atoms with Gasteiger partial charge in [0.15, 0.2) is 0 Å². The molecule has 2 rings (SSSR count). The molecule has 1 aromatic heterocycles. The number of rotatable bonds is 5. The fourth-order valence-corrected chi connectivity index (χ4v) is 2.68. The molecule has 0 radical (unpaired) electrons. The van der Waals surface area contributed by atoms with Crippen LogP contribution in [0.5, 0.6) is 0 Å². The van der Waals surface area contributed by atoms with Crippen molar-refractivity contribution in [2.24, 2.45) is 0 Å². The molecule has 106 valence electrons. The minimum Gasteiger partial charge on any atom is -0.368 e. The lowest BCUT2D eigenvalue weighted by Crippen LogP contribution is -2.20. The molecular weight excluding hydrogens is 314 g/mol. The molecule has 4 heteroatoms. The summed E-state index contributed by atoms with van der Waals surface area (Å²) in [5.41, 5.74) is 4.65. The van der Waals surface area contributed by atoms with Crippen LogP contribution in [0.1, 0.15) is 17.0 Å². The monoisotopic (exact) mass is 333 g/mol. The van der Waals surface area contributed by atoms with Gasteiger partial charge >= 0.3 is 0 Å². The number of pyridine rings is 1. The number of nitrogens with zero attached hydrogens (tertiary/aromatic N) is 2. The zero-order valence-electron chi connectivity index (χ0n) is 12.2. The van der Waals surface area contributed by atoms with Crippen molar-refractivity contribution in [2.75, 3.05) is 19.0 Å². The van der Waals surface area contributed by atoms with Crippen LogP contribution < -0.4 is 10.2 Å². The Labute approximate surface area is 129 Å². The smallest absolute Gasteiger partial charge is 0.0600 e. The number of halogens is 1. The summed E-state index contributed by atoms with van der Waals surface area (Å²) in [5, 5.41) is 3.22. The minimum absolute atomic E-state index is 0.806. The first-order valence-corrected chi connectivity index (χ1v) is 7.46. The molecule has 1 aromatic carbocycles. The van der Waals surface area contributed by atoms with Gasteiger partial charge in [-0.1, -0.05) is 22.0 Å². The van der Waals surface area contributed by atoms with Crippen LogP contribution in [0, 0.1) is 6.92 Å². The molecule has 0 saturated heterocycles. The molecule has 3 nitrogen and oxygen atoms in total. The maximum Gasteiger partial charge on any atom is 0.0600 e. The second-order valence-electron chi connectivity index (χ2n) is 4.93. The normalized spacial score (nSPS) is 10.6. The Morgan fingerprint density at radius 1 is 1.25 bits per heavy atom. The van der Waals surface area contributed by atoms with Crippen molar-refractivity contribution >= 4 is 21.6 Å². The van der Waals surface area contributed by atoms with Gasteiger partial charge in [-0.3, -0.25) is 4.98 Å². The third-order valence-corrected chi connectivity index (χ3v) is 3.66. The molecule has 0 bridgehead atoms. The molecule has 0 unspecified atom stereocenters. The average molecular weight is 334 g/mol. The molecular formula is C16H20BrN3. The lowest BCUT2D eigenvalue weighted by Gasteiger charge is -2.22. The number of benzene rings is 1. The predicted molar refractivity (Wildman–Crippen MR) is 88.0 cm³/mol. The lowest BCUT2D eigenvalue weighted by atomic mass is 10.1. The maximum atomic E-state index is 4.57. The van der Waals surface area contributed by atoms with Gasteiger partial charge in [-0.2, -0.15) is 0 Å². The Morgan fingerprint density at radius 3 is 2.75 bits per heavy atom. The Kier molecular flexibility index (Phi) is 5.15. The van der Waals surface area contributed by atoms with Gasteiger partial charge in [0.25, 0.3) is 0 Å². The third-order valence-electron chi connectivity index (χ3n) is 3.17. The van der Waals surface area contributed by atoms with Crippen molar-refractivity contribution < 1.29 is 0 Å². The lowest BCUT2D eigenvalue weighted by molar-refractivity contribution is 0.800. The molecule has 0 aliphatic rings. The highest BCUT2D eigenvalue weighted by Gasteiger charge is 2.09. The molecule has 0 aliphatic carbocycles. The number of hydrogen-bond donors (Lipinski definition) is 1. The molecule has 1 heterocycles. The van der Waals surface area contributed by atoms with E-state index in [1.165, 1.54) is 11.3 Å². The molecule has 0 spiro atoms. The summed E-state index contributed by atoms with van der Waals surface area (Å²) in [6.45, 7) is 3.68. The van der Waals surface area contributed by atoms with E-state index in [0.717, 1.165) is 29.0 Å². The molecule has 0 atom stereocenters. The van der Waals surface area contributed by atoms with E-state index in [9.17, 15) is 0 Å². The standard InChI is InChI=1S/C16H20BrN3/c1-12-5-4-6-15(19-12)11-20(3)16-8-7-14(17)9-13(16)10-18-2/h4-9,18H,10-11H2,1-3H3. The summed E-state index contributed by atoms with van der Waals surface area (Å²) in [4.78, 5) is 6.80. The second kappa shape index (κ2) is 6.86. The van der Waals surface area contributed by atoms with Gasteiger partial charge in [-0.05, 0) is 49.9 Å². The van der Waals surface area contributed by atoms with Crippen molar-refractivity contribution in [1.29, 1.82) is 0 Å². The zero-order chi connectivity index (χ0) is 14.5. The van der Waals surface area contributed by atoms with Crippen LogP contribution in [0.25, 0.3) is 0 Å². The highest BCUT2D eigenvalue weighted by Crippen LogP contribution is 2.24. The van der Waals surface area contributed by atoms with E-state index in [-0.39, 0.29) is 0 Å². The van der Waals surface area contributed by atoms with Gasteiger partial charge < -0.3 is 10.2 Å². The number of aromatic nitrogens is 1. The van der Waals surface area contributed by atoms with Crippen LogP contribution in [0.4, 0.5) is 5.69 Å². The third kappa shape index (κ3) is 3.81. The summed E-state index contributed by atoms with van der Waals surface area (Å²) in [7, 11) is 4.07. The summed E-state index contributed by atoms with van der Waals surface area (Å²) >= 11 is 3.53. The number of hydrogen-bond acceptors (Lipinski definition) is 3. The molecule has 1 N–H and O–H groups in total. The number of anilines is 1. The zero-order valence-corrected chi connectivity index (χ0v) is 13.7. The second-order valence-corrected chi connectivity index (χ2v) is 5.85. The Bertz CT molecular complexity index is 584. The van der Waals surface area contributed by atoms with E-state index < -0.39 is 0 Å². The first-order valence-electron chi connectivity index (χ1n) is 6.67. The largest absolute Gasteiger partial charge is 0.368 e. The minimum atomic E-state index is 0.806. The van der Waals surface area contributed by atoms with Crippen LogP contribution in [-0.2, 0) is 13.1 Å². The predicted octanol–water partition coefficient (Wildman–Crippen LogP) is 3.51. The molecule has 2 aromatic rings. The van der Waals surface area contributed by atoms with Crippen LogP contribution in [-0.4, -0.2) is 19.1 Å². The molecule has 20 heavy (non-hydrogen) atoms. The van der Waals surface area contributed by atoms with E-state index in [4.69, 9.17) is 0 Å². The highest BCUT2D eigenvalue weighted by atomic mass is 79.9. The topological polar surface area (TPSA) is 28.2 Å². The quantitative estimate of drug-likeness (QED) is 0.907. The van der Waals surface area contributed by atoms with Crippen molar-refractivity contribution in [1.82, 2.24) is 10.3 Å². The van der Waals surface area contributed by atoms with Crippen molar-refractivity contribution in [3.8, 4) is 0 Å². The Morgan fingerprint density at radius 2 is 2.05 bits per heavy atom. The van der Waals surface area contributed by atoms with E-state index in [0.29, 0.717) is 0 Å². The summed E-state index contributed by atoms with van der Waals surface area (Å²) in [6.07, 6.45) is 0. The van der Waals surface area contributed by atoms with Gasteiger partial charge in [0.2, 0.25) is 0 Å². The van der Waals surface area contributed by atoms with E-state index in [1.54, 1.807) is 0 Å². The van der Waals surface area contributed by atoms with Crippen LogP contribution in [0.2, 0.25) is 0 Å². The molecule has 0 aliphatic heterocycles. The fraction of sp³-hybridized carbons (Fsp3) is 0.312. The van der Waals surface area contributed by atoms with Crippen LogP contribution in [0.3, 0.4) is 0 Å². The van der Waals surface area contributed by atoms with E-state index in [1.807, 2.05) is 20.0 Å². The maximum absolute atomic E-state index is 4.57. The Balaban J connectivity index is 2.22. The van der Waals surface area contributed by atoms with Gasteiger partial charge in [0.05, 0.1) is 12.2 Å². The van der Waals surface area contributed by atoms with Crippen LogP contribution >= 0.6 is 15.9 Å². The summed E-state index contributed by atoms with van der Waals surface area (Å²) < 4.78 is 1.11. The number of nitrogens with one attached hydrogen (secondary N) is 1. The summed E-state index contributed by atoms with van der Waals surface area (Å²) in [6, 6.07) is 12.5. The van der Waals surface area contributed by atoms with E-state index >= 15 is 0 Å². The van der Waals surface area contributed by atoms with Gasteiger partial charge in [-0.25, -0.2) is 0 Å². The number of aryl methyl sites for hydroxylation is 1. The van der Waals surface area contributed by atoms with E-state index in [2.05, 4.69) is 68.5 Å². The molecule has 0 saturated carbocycles. The average Bonchev–Trinajstić information content (AvgIpc) is 2.39. The van der Waals surface area contributed by atoms with Crippen molar-refractivity contribution in [3.63, 3.8) is 0 Å². The van der Waals surface area contributed by atoms with Crippen molar-refractivity contribution in [2.45, 2.75) is 20.0 Å². The summed E-state index contributed by atoms with van der Waals surface area (Å²) in [5.74, 6) is 0. The fourth-order valence-electron chi connectivity index (χ4n) is 2.27. The van der Waals surface area contributed by atoms with Gasteiger partial charge in [-0.15, -0.1) is 0 Å². The highest BCUT2D eigenvalue weighted by molar-refractivity contribution is 9.10. The first-order chi connectivity index (χ1) is 9.60. The molecule has 0 fully saturated rings. The van der Waals surface area contributed by atoms with Crippen LogP contribution in [0.15, 0.2) is 40.9 Å². The van der Waals surface area contributed by atoms with Gasteiger partial charge in [0, 0.05) is 29.4 Å². The molecule has 0 amide bonds.